The second kappa shape index (κ2) is 7.13. The monoisotopic (exact) mass is 352 g/mol. The third-order valence-corrected chi connectivity index (χ3v) is 4.70. The Morgan fingerprint density at radius 1 is 1.31 bits per heavy atom. The number of fused-ring (bicyclic) bond motifs is 1. The highest BCUT2D eigenvalue weighted by Gasteiger charge is 2.31. The summed E-state index contributed by atoms with van der Waals surface area (Å²) in [5.74, 6) is 1.28. The number of likely N-dealkylation sites (tertiary alicyclic amines) is 1. The van der Waals surface area contributed by atoms with Crippen LogP contribution in [0.1, 0.15) is 24.4 Å². The Morgan fingerprint density at radius 3 is 3.04 bits per heavy atom. The zero-order valence-corrected chi connectivity index (χ0v) is 14.3. The lowest BCUT2D eigenvalue weighted by molar-refractivity contribution is -0.125. The molecule has 0 spiro atoms. The van der Waals surface area contributed by atoms with Gasteiger partial charge in [0, 0.05) is 0 Å². The fraction of sp³-hybridized carbons (Fsp3) is 0.316. The molecule has 1 aliphatic heterocycles. The lowest BCUT2D eigenvalue weighted by Crippen LogP contribution is -2.43. The molecule has 26 heavy (non-hydrogen) atoms. The molecule has 1 amide bonds. The second-order valence-electron chi connectivity index (χ2n) is 6.46. The number of hydrogen-bond acceptors (Lipinski definition) is 5. The zero-order valence-electron chi connectivity index (χ0n) is 14.3. The van der Waals surface area contributed by atoms with E-state index >= 15 is 0 Å². The first kappa shape index (κ1) is 16.5. The number of nitrogens with zero attached hydrogens (tertiary/aromatic N) is 2. The molecule has 7 heteroatoms. The van der Waals surface area contributed by atoms with Crippen LogP contribution in [-0.2, 0) is 17.9 Å². The fourth-order valence-corrected chi connectivity index (χ4v) is 3.42. The van der Waals surface area contributed by atoms with Crippen molar-refractivity contribution in [1.29, 1.82) is 0 Å². The molecule has 4 rings (SSSR count). The summed E-state index contributed by atoms with van der Waals surface area (Å²) in [7, 11) is 0. The summed E-state index contributed by atoms with van der Waals surface area (Å²) in [5.41, 5.74) is 0.521. The number of carbonyl (C=O) groups is 1. The van der Waals surface area contributed by atoms with Gasteiger partial charge in [-0.2, -0.15) is 0 Å². The van der Waals surface area contributed by atoms with Gasteiger partial charge in [0.1, 0.15) is 11.6 Å². The molecule has 2 aromatic heterocycles. The maximum absolute atomic E-state index is 12.5. The second-order valence-corrected chi connectivity index (χ2v) is 6.46. The summed E-state index contributed by atoms with van der Waals surface area (Å²) >= 11 is 0. The molecule has 1 fully saturated rings. The molecule has 3 aromatic rings. The topological polar surface area (TPSA) is 91.2 Å². The number of hydrogen-bond donors (Lipinski definition) is 2. The maximum atomic E-state index is 12.5. The third-order valence-electron chi connectivity index (χ3n) is 4.70. The van der Waals surface area contributed by atoms with Gasteiger partial charge >= 0.3 is 0 Å². The molecule has 1 unspecified atom stereocenters. The standard InChI is InChI=1S/C19H20N4O3/c24-18-14-6-1-2-7-15(14)21-17(22-18)12-23-9-3-8-16(23)19(25)20-11-13-5-4-10-26-13/h1-2,4-7,10,16H,3,8-9,11-12H2,(H,20,25)(H,21,22,24). The molecule has 3 heterocycles. The molecule has 2 N–H and O–H groups in total. The van der Waals surface area contributed by atoms with E-state index in [4.69, 9.17) is 4.42 Å². The van der Waals surface area contributed by atoms with E-state index in [-0.39, 0.29) is 17.5 Å². The van der Waals surface area contributed by atoms with Crippen LogP contribution in [0.25, 0.3) is 10.9 Å². The van der Waals surface area contributed by atoms with E-state index in [1.165, 1.54) is 0 Å². The molecule has 1 aromatic carbocycles. The van der Waals surface area contributed by atoms with E-state index in [1.54, 1.807) is 18.4 Å². The van der Waals surface area contributed by atoms with Crippen molar-refractivity contribution in [3.05, 3.63) is 64.6 Å². The molecular weight excluding hydrogens is 332 g/mol. The highest BCUT2D eigenvalue weighted by atomic mass is 16.3. The summed E-state index contributed by atoms with van der Waals surface area (Å²) in [5, 5.41) is 3.49. The van der Waals surface area contributed by atoms with Gasteiger partial charge in [-0.25, -0.2) is 4.98 Å². The van der Waals surface area contributed by atoms with E-state index in [0.29, 0.717) is 29.8 Å². The minimum atomic E-state index is -0.221. The SMILES string of the molecule is O=C(NCc1ccco1)C1CCCN1Cc1nc2ccccc2c(=O)[nH]1. The van der Waals surface area contributed by atoms with E-state index in [2.05, 4.69) is 20.2 Å². The van der Waals surface area contributed by atoms with E-state index in [0.717, 1.165) is 25.1 Å². The smallest absolute Gasteiger partial charge is 0.258 e. The molecule has 0 radical (unpaired) electrons. The van der Waals surface area contributed by atoms with E-state index in [1.807, 2.05) is 24.3 Å². The van der Waals surface area contributed by atoms with Crippen LogP contribution in [0.15, 0.2) is 51.9 Å². The number of aromatic amines is 1. The van der Waals surface area contributed by atoms with Crippen LogP contribution < -0.4 is 10.9 Å². The summed E-state index contributed by atoms with van der Waals surface area (Å²) < 4.78 is 5.25. The molecule has 1 atom stereocenters. The van der Waals surface area contributed by atoms with Crippen LogP contribution >= 0.6 is 0 Å². The van der Waals surface area contributed by atoms with Crippen molar-refractivity contribution >= 4 is 16.8 Å². The van der Waals surface area contributed by atoms with Gasteiger partial charge < -0.3 is 14.7 Å². The number of para-hydroxylation sites is 1. The lowest BCUT2D eigenvalue weighted by Gasteiger charge is -2.23. The number of rotatable bonds is 5. The number of carbonyl (C=O) groups excluding carboxylic acids is 1. The van der Waals surface area contributed by atoms with Crippen LogP contribution in [0.4, 0.5) is 0 Å². The Hall–Kier alpha value is -2.93. The summed E-state index contributed by atoms with van der Waals surface area (Å²) in [6.07, 6.45) is 3.32. The van der Waals surface area contributed by atoms with Crippen LogP contribution in [0.5, 0.6) is 0 Å². The minimum absolute atomic E-state index is 0.0259. The Kier molecular flexibility index (Phi) is 4.53. The van der Waals surface area contributed by atoms with Gasteiger partial charge in [-0.1, -0.05) is 12.1 Å². The van der Waals surface area contributed by atoms with Crippen molar-refractivity contribution in [3.8, 4) is 0 Å². The summed E-state index contributed by atoms with van der Waals surface area (Å²) in [4.78, 5) is 34.2. The highest BCUT2D eigenvalue weighted by Crippen LogP contribution is 2.19. The van der Waals surface area contributed by atoms with Crippen molar-refractivity contribution in [1.82, 2.24) is 20.2 Å². The lowest BCUT2D eigenvalue weighted by atomic mass is 10.2. The molecule has 1 aliphatic rings. The van der Waals surface area contributed by atoms with Gasteiger partial charge in [0.15, 0.2) is 0 Å². The van der Waals surface area contributed by atoms with Gasteiger partial charge in [0.2, 0.25) is 5.91 Å². The third kappa shape index (κ3) is 3.39. The molecule has 0 aliphatic carbocycles. The fourth-order valence-electron chi connectivity index (χ4n) is 3.42. The molecule has 134 valence electrons. The predicted molar refractivity (Wildman–Crippen MR) is 96.4 cm³/mol. The van der Waals surface area contributed by atoms with Crippen LogP contribution in [0, 0.1) is 0 Å². The number of benzene rings is 1. The first-order valence-electron chi connectivity index (χ1n) is 8.73. The Balaban J connectivity index is 1.46. The normalized spacial score (nSPS) is 17.6. The van der Waals surface area contributed by atoms with Gasteiger partial charge in [-0.05, 0) is 43.7 Å². The van der Waals surface area contributed by atoms with E-state index in [9.17, 15) is 9.59 Å². The van der Waals surface area contributed by atoms with Crippen LogP contribution in [0.3, 0.4) is 0 Å². The Morgan fingerprint density at radius 2 is 2.19 bits per heavy atom. The van der Waals surface area contributed by atoms with Gasteiger partial charge in [0.25, 0.3) is 5.56 Å². The number of amides is 1. The van der Waals surface area contributed by atoms with Crippen molar-refractivity contribution in [2.24, 2.45) is 0 Å². The quantitative estimate of drug-likeness (QED) is 0.731. The van der Waals surface area contributed by atoms with Crippen molar-refractivity contribution in [3.63, 3.8) is 0 Å². The average Bonchev–Trinajstić information content (AvgIpc) is 3.31. The number of nitrogens with one attached hydrogen (secondary N) is 2. The van der Waals surface area contributed by atoms with E-state index < -0.39 is 0 Å². The molecular formula is C19H20N4O3. The number of H-pyrrole nitrogens is 1. The maximum Gasteiger partial charge on any atom is 0.258 e. The molecule has 0 bridgehead atoms. The Labute approximate surface area is 150 Å². The Bertz CT molecular complexity index is 964. The minimum Gasteiger partial charge on any atom is -0.467 e. The highest BCUT2D eigenvalue weighted by molar-refractivity contribution is 5.82. The largest absolute Gasteiger partial charge is 0.467 e. The molecule has 7 nitrogen and oxygen atoms in total. The molecule has 0 saturated carbocycles. The predicted octanol–water partition coefficient (Wildman–Crippen LogP) is 1.80. The number of furan rings is 1. The summed E-state index contributed by atoms with van der Waals surface area (Å²) in [6, 6.07) is 10.7. The van der Waals surface area contributed by atoms with Crippen LogP contribution in [0.2, 0.25) is 0 Å². The van der Waals surface area contributed by atoms with Crippen molar-refractivity contribution < 1.29 is 9.21 Å². The number of aromatic nitrogens is 2. The van der Waals surface area contributed by atoms with Gasteiger partial charge in [-0.15, -0.1) is 0 Å². The van der Waals surface area contributed by atoms with Gasteiger partial charge in [0.05, 0.1) is 36.3 Å². The van der Waals surface area contributed by atoms with Crippen molar-refractivity contribution in [2.75, 3.05) is 6.54 Å². The average molecular weight is 352 g/mol. The van der Waals surface area contributed by atoms with Gasteiger partial charge in [-0.3, -0.25) is 14.5 Å². The first-order chi connectivity index (χ1) is 12.7. The van der Waals surface area contributed by atoms with Crippen molar-refractivity contribution in [2.45, 2.75) is 32.0 Å². The zero-order chi connectivity index (χ0) is 17.9. The summed E-state index contributed by atoms with van der Waals surface area (Å²) in [6.45, 7) is 1.62. The molecule has 1 saturated heterocycles. The first-order valence-corrected chi connectivity index (χ1v) is 8.73. The van der Waals surface area contributed by atoms with Crippen LogP contribution in [-0.4, -0.2) is 33.4 Å².